The van der Waals surface area contributed by atoms with Gasteiger partial charge in [0.05, 0.1) is 4.90 Å². The molecule has 0 atom stereocenters. The molecule has 0 fully saturated rings. The molecule has 8 nitrogen and oxygen atoms in total. The van der Waals surface area contributed by atoms with Crippen LogP contribution in [0.15, 0.2) is 41.3 Å². The number of nitrogens with one attached hydrogen (secondary N) is 2. The van der Waals surface area contributed by atoms with Crippen molar-refractivity contribution in [3.8, 4) is 0 Å². The van der Waals surface area contributed by atoms with Crippen molar-refractivity contribution < 1.29 is 22.8 Å². The first-order valence-corrected chi connectivity index (χ1v) is 6.81. The topological polar surface area (TPSA) is 128 Å². The first-order chi connectivity index (χ1) is 9.20. The second-order valence-corrected chi connectivity index (χ2v) is 5.36. The molecule has 2 amide bonds. The molecule has 1 aromatic rings. The van der Waals surface area contributed by atoms with Crippen LogP contribution < -0.4 is 15.9 Å². The number of carbonyl (C=O) groups is 2. The summed E-state index contributed by atoms with van der Waals surface area (Å²) in [5.74, 6) is -0.773. The molecule has 0 aromatic heterocycles. The summed E-state index contributed by atoms with van der Waals surface area (Å²) in [4.78, 5) is 26.7. The van der Waals surface area contributed by atoms with E-state index in [-0.39, 0.29) is 10.5 Å². The molecule has 0 radical (unpaired) electrons. The van der Waals surface area contributed by atoms with Crippen molar-refractivity contribution in [3.63, 3.8) is 0 Å². The molecule has 0 aliphatic rings. The van der Waals surface area contributed by atoms with Gasteiger partial charge in [-0.2, -0.15) is 5.48 Å². The van der Waals surface area contributed by atoms with Gasteiger partial charge in [0.2, 0.25) is 10.0 Å². The van der Waals surface area contributed by atoms with E-state index in [0.717, 1.165) is 0 Å². The van der Waals surface area contributed by atoms with Crippen molar-refractivity contribution in [3.05, 3.63) is 36.4 Å². The lowest BCUT2D eigenvalue weighted by molar-refractivity contribution is -0.143. The van der Waals surface area contributed by atoms with Gasteiger partial charge in [-0.3, -0.25) is 0 Å². The fraction of sp³-hybridized carbons (Fsp3) is 0.0909. The van der Waals surface area contributed by atoms with Gasteiger partial charge >= 0.3 is 12.0 Å². The molecule has 0 unspecified atom stereocenters. The highest BCUT2D eigenvalue weighted by molar-refractivity contribution is 7.89. The van der Waals surface area contributed by atoms with E-state index in [4.69, 9.17) is 5.14 Å². The maximum absolute atomic E-state index is 11.3. The van der Waals surface area contributed by atoms with Crippen molar-refractivity contribution in [1.82, 2.24) is 5.48 Å². The average Bonchev–Trinajstić information content (AvgIpc) is 2.35. The molecule has 0 saturated carbocycles. The highest BCUT2D eigenvalue weighted by Crippen LogP contribution is 2.12. The summed E-state index contributed by atoms with van der Waals surface area (Å²) in [5, 5.41) is 7.25. The zero-order valence-corrected chi connectivity index (χ0v) is 11.4. The largest absolute Gasteiger partial charge is 0.358 e. The van der Waals surface area contributed by atoms with Crippen LogP contribution >= 0.6 is 0 Å². The van der Waals surface area contributed by atoms with E-state index < -0.39 is 22.0 Å². The third-order valence-corrected chi connectivity index (χ3v) is 2.95. The molecule has 0 heterocycles. The van der Waals surface area contributed by atoms with Crippen LogP contribution in [0.3, 0.4) is 0 Å². The van der Waals surface area contributed by atoms with Crippen LogP contribution in [0.4, 0.5) is 10.5 Å². The molecule has 108 valence electrons. The van der Waals surface area contributed by atoms with E-state index in [1.807, 2.05) is 5.48 Å². The van der Waals surface area contributed by atoms with Crippen LogP contribution in [0.1, 0.15) is 6.92 Å². The van der Waals surface area contributed by atoms with Crippen LogP contribution in [0, 0.1) is 0 Å². The average molecular weight is 299 g/mol. The fourth-order valence-corrected chi connectivity index (χ4v) is 1.58. The van der Waals surface area contributed by atoms with Gasteiger partial charge < -0.3 is 10.2 Å². The number of benzene rings is 1. The van der Waals surface area contributed by atoms with E-state index >= 15 is 0 Å². The van der Waals surface area contributed by atoms with Crippen LogP contribution in [0.5, 0.6) is 0 Å². The van der Waals surface area contributed by atoms with E-state index in [0.29, 0.717) is 5.69 Å². The van der Waals surface area contributed by atoms with Crippen molar-refractivity contribution in [2.24, 2.45) is 5.14 Å². The Kier molecular flexibility index (Phi) is 4.83. The summed E-state index contributed by atoms with van der Waals surface area (Å²) >= 11 is 0. The molecule has 0 spiro atoms. The molecule has 0 bridgehead atoms. The Morgan fingerprint density at radius 3 is 2.25 bits per heavy atom. The van der Waals surface area contributed by atoms with E-state index in [1.54, 1.807) is 0 Å². The number of nitrogens with two attached hydrogens (primary N) is 1. The Labute approximate surface area is 115 Å². The Hall–Kier alpha value is -2.39. The smallest absolute Gasteiger partial charge is 0.334 e. The summed E-state index contributed by atoms with van der Waals surface area (Å²) in [6.45, 7) is 4.76. The molecule has 0 aliphatic carbocycles. The third kappa shape index (κ3) is 4.71. The van der Waals surface area contributed by atoms with Crippen LogP contribution in [-0.2, 0) is 19.7 Å². The number of primary sulfonamides is 1. The SMILES string of the molecule is C=C(C)C(=O)ONC(=O)Nc1ccc(S(N)(=O)=O)cc1. The van der Waals surface area contributed by atoms with E-state index in [1.165, 1.54) is 31.2 Å². The monoisotopic (exact) mass is 299 g/mol. The predicted octanol–water partition coefficient (Wildman–Crippen LogP) is 0.490. The fourth-order valence-electron chi connectivity index (χ4n) is 1.06. The number of hydrogen-bond donors (Lipinski definition) is 3. The number of hydrogen-bond acceptors (Lipinski definition) is 5. The van der Waals surface area contributed by atoms with Gasteiger partial charge in [0.1, 0.15) is 0 Å². The van der Waals surface area contributed by atoms with Crippen molar-refractivity contribution in [1.29, 1.82) is 0 Å². The number of rotatable bonds is 3. The Morgan fingerprint density at radius 2 is 1.80 bits per heavy atom. The van der Waals surface area contributed by atoms with Gasteiger partial charge in [0.25, 0.3) is 0 Å². The lowest BCUT2D eigenvalue weighted by Crippen LogP contribution is -2.31. The lowest BCUT2D eigenvalue weighted by Gasteiger charge is -2.07. The molecule has 9 heteroatoms. The van der Waals surface area contributed by atoms with Gasteiger partial charge in [0.15, 0.2) is 0 Å². The molecular weight excluding hydrogens is 286 g/mol. The highest BCUT2D eigenvalue weighted by atomic mass is 32.2. The number of anilines is 1. The summed E-state index contributed by atoms with van der Waals surface area (Å²) in [5.41, 5.74) is 2.27. The second kappa shape index (κ2) is 6.17. The molecule has 4 N–H and O–H groups in total. The van der Waals surface area contributed by atoms with Crippen LogP contribution in [-0.4, -0.2) is 20.4 Å². The zero-order valence-electron chi connectivity index (χ0n) is 10.5. The number of sulfonamides is 1. The molecule has 0 saturated heterocycles. The van der Waals surface area contributed by atoms with Crippen molar-refractivity contribution in [2.75, 3.05) is 5.32 Å². The van der Waals surface area contributed by atoms with Gasteiger partial charge in [-0.15, -0.1) is 0 Å². The van der Waals surface area contributed by atoms with E-state index in [2.05, 4.69) is 16.7 Å². The number of amides is 2. The maximum atomic E-state index is 11.3. The lowest BCUT2D eigenvalue weighted by atomic mass is 10.3. The second-order valence-electron chi connectivity index (χ2n) is 3.80. The minimum Gasteiger partial charge on any atom is -0.334 e. The first kappa shape index (κ1) is 15.7. The number of hydroxylamine groups is 1. The van der Waals surface area contributed by atoms with Crippen molar-refractivity contribution >= 4 is 27.7 Å². The van der Waals surface area contributed by atoms with Gasteiger partial charge in [-0.05, 0) is 31.2 Å². The molecule has 20 heavy (non-hydrogen) atoms. The standard InChI is InChI=1S/C11H13N3O5S/c1-7(2)10(15)19-14-11(16)13-8-3-5-9(6-4-8)20(12,17)18/h3-6H,1H2,2H3,(H2,12,17,18)(H2,13,14,16). The minimum absolute atomic E-state index is 0.0860. The minimum atomic E-state index is -3.79. The molecule has 1 rings (SSSR count). The van der Waals surface area contributed by atoms with Gasteiger partial charge in [-0.1, -0.05) is 6.58 Å². The number of urea groups is 1. The predicted molar refractivity (Wildman–Crippen MR) is 70.9 cm³/mol. The first-order valence-electron chi connectivity index (χ1n) is 5.26. The molecule has 1 aromatic carbocycles. The van der Waals surface area contributed by atoms with Gasteiger partial charge in [0, 0.05) is 11.3 Å². The van der Waals surface area contributed by atoms with E-state index in [9.17, 15) is 18.0 Å². The zero-order chi connectivity index (χ0) is 15.3. The Bertz CT molecular complexity index is 637. The van der Waals surface area contributed by atoms with Gasteiger partial charge in [-0.25, -0.2) is 23.1 Å². The summed E-state index contributed by atoms with van der Waals surface area (Å²) in [6.07, 6.45) is 0. The van der Waals surface area contributed by atoms with Crippen LogP contribution in [0.25, 0.3) is 0 Å². The number of carbonyl (C=O) groups excluding carboxylic acids is 2. The summed E-state index contributed by atoms with van der Waals surface area (Å²) in [7, 11) is -3.79. The van der Waals surface area contributed by atoms with Crippen LogP contribution in [0.2, 0.25) is 0 Å². The summed E-state index contributed by atoms with van der Waals surface area (Å²) in [6, 6.07) is 4.32. The normalized spacial score (nSPS) is 10.5. The quantitative estimate of drug-likeness (QED) is 0.553. The maximum Gasteiger partial charge on any atom is 0.358 e. The van der Waals surface area contributed by atoms with Crippen molar-refractivity contribution in [2.45, 2.75) is 11.8 Å². The Morgan fingerprint density at radius 1 is 1.25 bits per heavy atom. The Balaban J connectivity index is 2.59. The molecular formula is C11H13N3O5S. The highest BCUT2D eigenvalue weighted by Gasteiger charge is 2.09. The molecule has 0 aliphatic heterocycles. The summed E-state index contributed by atoms with van der Waals surface area (Å²) < 4.78 is 22.0. The third-order valence-electron chi connectivity index (χ3n) is 2.03.